The molecule has 1 nitrogen and oxygen atoms in total. The van der Waals surface area contributed by atoms with Crippen molar-refractivity contribution < 1.29 is 5.11 Å². The number of halogens is 1. The second-order valence-corrected chi connectivity index (χ2v) is 5.55. The van der Waals surface area contributed by atoms with Crippen LogP contribution >= 0.6 is 15.9 Å². The molecule has 1 atom stereocenters. The third kappa shape index (κ3) is 2.26. The Hall–Kier alpha value is -0.340. The largest absolute Gasteiger partial charge is 0.385 e. The number of hydrogen-bond acceptors (Lipinski definition) is 1. The van der Waals surface area contributed by atoms with Gasteiger partial charge in [0.05, 0.1) is 5.60 Å². The lowest BCUT2D eigenvalue weighted by molar-refractivity contribution is -0.00333. The van der Waals surface area contributed by atoms with Gasteiger partial charge < -0.3 is 5.11 Å². The third-order valence-corrected chi connectivity index (χ3v) is 4.11. The van der Waals surface area contributed by atoms with E-state index in [0.29, 0.717) is 5.92 Å². The Morgan fingerprint density at radius 3 is 2.27 bits per heavy atom. The highest BCUT2D eigenvalue weighted by Gasteiger charge is 2.35. The zero-order chi connectivity index (χ0) is 10.9. The first-order valence-electron chi connectivity index (χ1n) is 5.59. The Labute approximate surface area is 99.6 Å². The minimum atomic E-state index is -0.656. The van der Waals surface area contributed by atoms with Crippen LogP contribution < -0.4 is 0 Å². The molecule has 0 aromatic heterocycles. The first-order valence-corrected chi connectivity index (χ1v) is 6.38. The van der Waals surface area contributed by atoms with E-state index in [-0.39, 0.29) is 0 Å². The maximum Gasteiger partial charge on any atom is 0.0896 e. The van der Waals surface area contributed by atoms with E-state index in [1.807, 2.05) is 31.2 Å². The molecule has 1 aromatic carbocycles. The first kappa shape index (κ1) is 11.2. The molecule has 1 fully saturated rings. The molecule has 1 N–H and O–H groups in total. The normalized spacial score (nSPS) is 21.5. The van der Waals surface area contributed by atoms with Crippen LogP contribution in [0.15, 0.2) is 28.7 Å². The summed E-state index contributed by atoms with van der Waals surface area (Å²) in [6.07, 6.45) is 4.83. The molecule has 1 unspecified atom stereocenters. The molecule has 15 heavy (non-hydrogen) atoms. The van der Waals surface area contributed by atoms with Crippen molar-refractivity contribution in [3.05, 3.63) is 34.3 Å². The van der Waals surface area contributed by atoms with E-state index in [0.717, 1.165) is 22.9 Å². The fourth-order valence-corrected chi connectivity index (χ4v) is 2.78. The predicted molar refractivity (Wildman–Crippen MR) is 65.7 cm³/mol. The van der Waals surface area contributed by atoms with E-state index in [4.69, 9.17) is 0 Å². The number of hydrogen-bond donors (Lipinski definition) is 1. The summed E-state index contributed by atoms with van der Waals surface area (Å²) in [5.41, 5.74) is 0.384. The van der Waals surface area contributed by atoms with Crippen LogP contribution in [0.2, 0.25) is 0 Å². The van der Waals surface area contributed by atoms with E-state index >= 15 is 0 Å². The summed E-state index contributed by atoms with van der Waals surface area (Å²) in [5, 5.41) is 10.6. The zero-order valence-electron chi connectivity index (χ0n) is 9.04. The third-order valence-electron chi connectivity index (χ3n) is 3.58. The van der Waals surface area contributed by atoms with E-state index in [1.165, 1.54) is 12.8 Å². The lowest BCUT2D eigenvalue weighted by Gasteiger charge is -2.30. The highest BCUT2D eigenvalue weighted by Crippen LogP contribution is 2.40. The quantitative estimate of drug-likeness (QED) is 0.864. The Bertz CT molecular complexity index is 323. The van der Waals surface area contributed by atoms with Gasteiger partial charge in [-0.2, -0.15) is 0 Å². The van der Waals surface area contributed by atoms with Gasteiger partial charge in [-0.05, 0) is 43.4 Å². The molecule has 0 saturated heterocycles. The van der Waals surface area contributed by atoms with Crippen LogP contribution in [0, 0.1) is 5.92 Å². The highest BCUT2D eigenvalue weighted by atomic mass is 79.9. The molecule has 0 amide bonds. The van der Waals surface area contributed by atoms with Gasteiger partial charge in [-0.25, -0.2) is 0 Å². The van der Waals surface area contributed by atoms with E-state index < -0.39 is 5.60 Å². The molecule has 0 bridgehead atoms. The molecule has 2 rings (SSSR count). The second kappa shape index (κ2) is 4.26. The Morgan fingerprint density at radius 2 is 1.73 bits per heavy atom. The average Bonchev–Trinajstić information content (AvgIpc) is 2.71. The van der Waals surface area contributed by atoms with Crippen LogP contribution in [0.3, 0.4) is 0 Å². The number of rotatable bonds is 2. The van der Waals surface area contributed by atoms with Crippen LogP contribution in [0.25, 0.3) is 0 Å². The molecule has 1 aliphatic carbocycles. The summed E-state index contributed by atoms with van der Waals surface area (Å²) in [5.74, 6) is 0.429. The van der Waals surface area contributed by atoms with Crippen molar-refractivity contribution in [1.29, 1.82) is 0 Å². The SMILES string of the molecule is CC(O)(c1ccc(Br)cc1)C1CCCC1. The molecular formula is C13H17BrO. The lowest BCUT2D eigenvalue weighted by atomic mass is 9.82. The van der Waals surface area contributed by atoms with Gasteiger partial charge in [0.15, 0.2) is 0 Å². The number of aliphatic hydroxyl groups is 1. The standard InChI is InChI=1S/C13H17BrO/c1-13(15,10-4-2-3-5-10)11-6-8-12(14)9-7-11/h6-10,15H,2-5H2,1H3. The van der Waals surface area contributed by atoms with Crippen LogP contribution in [-0.2, 0) is 5.60 Å². The first-order chi connectivity index (χ1) is 7.10. The van der Waals surface area contributed by atoms with Gasteiger partial charge in [0, 0.05) is 4.47 Å². The van der Waals surface area contributed by atoms with Crippen molar-refractivity contribution >= 4 is 15.9 Å². The maximum atomic E-state index is 10.6. The molecule has 0 heterocycles. The minimum absolute atomic E-state index is 0.429. The van der Waals surface area contributed by atoms with Crippen molar-refractivity contribution in [2.45, 2.75) is 38.2 Å². The summed E-state index contributed by atoms with van der Waals surface area (Å²) in [4.78, 5) is 0. The highest BCUT2D eigenvalue weighted by molar-refractivity contribution is 9.10. The Balaban J connectivity index is 2.23. The van der Waals surface area contributed by atoms with Gasteiger partial charge >= 0.3 is 0 Å². The fraction of sp³-hybridized carbons (Fsp3) is 0.538. The van der Waals surface area contributed by atoms with Crippen molar-refractivity contribution in [2.75, 3.05) is 0 Å². The van der Waals surface area contributed by atoms with Gasteiger partial charge in [-0.3, -0.25) is 0 Å². The molecule has 82 valence electrons. The molecule has 1 aromatic rings. The summed E-state index contributed by atoms with van der Waals surface area (Å²) in [6.45, 7) is 1.95. The second-order valence-electron chi connectivity index (χ2n) is 4.64. The minimum Gasteiger partial charge on any atom is -0.385 e. The monoisotopic (exact) mass is 268 g/mol. The summed E-state index contributed by atoms with van der Waals surface area (Å²) < 4.78 is 1.06. The van der Waals surface area contributed by atoms with E-state index in [1.54, 1.807) is 0 Å². The van der Waals surface area contributed by atoms with Gasteiger partial charge in [0.2, 0.25) is 0 Å². The van der Waals surface area contributed by atoms with E-state index in [9.17, 15) is 5.11 Å². The molecule has 0 radical (unpaired) electrons. The molecule has 2 heteroatoms. The smallest absolute Gasteiger partial charge is 0.0896 e. The van der Waals surface area contributed by atoms with Crippen molar-refractivity contribution in [3.8, 4) is 0 Å². The molecule has 1 aliphatic rings. The van der Waals surface area contributed by atoms with Gasteiger partial charge in [0.25, 0.3) is 0 Å². The Morgan fingerprint density at radius 1 is 1.20 bits per heavy atom. The molecule has 1 saturated carbocycles. The predicted octanol–water partition coefficient (Wildman–Crippen LogP) is 3.85. The average molecular weight is 269 g/mol. The molecule has 0 spiro atoms. The maximum absolute atomic E-state index is 10.6. The van der Waals surface area contributed by atoms with Crippen LogP contribution in [0.1, 0.15) is 38.2 Å². The van der Waals surface area contributed by atoms with Gasteiger partial charge in [-0.1, -0.05) is 40.9 Å². The topological polar surface area (TPSA) is 20.2 Å². The Kier molecular flexibility index (Phi) is 3.17. The fourth-order valence-electron chi connectivity index (χ4n) is 2.51. The summed E-state index contributed by atoms with van der Waals surface area (Å²) in [7, 11) is 0. The van der Waals surface area contributed by atoms with Gasteiger partial charge in [0.1, 0.15) is 0 Å². The summed E-state index contributed by atoms with van der Waals surface area (Å²) in [6, 6.07) is 8.03. The van der Waals surface area contributed by atoms with Crippen molar-refractivity contribution in [1.82, 2.24) is 0 Å². The van der Waals surface area contributed by atoms with Crippen molar-refractivity contribution in [3.63, 3.8) is 0 Å². The van der Waals surface area contributed by atoms with Crippen LogP contribution in [0.4, 0.5) is 0 Å². The molecular weight excluding hydrogens is 252 g/mol. The van der Waals surface area contributed by atoms with Crippen molar-refractivity contribution in [2.24, 2.45) is 5.92 Å². The van der Waals surface area contributed by atoms with Crippen LogP contribution in [0.5, 0.6) is 0 Å². The number of benzene rings is 1. The van der Waals surface area contributed by atoms with E-state index in [2.05, 4.69) is 15.9 Å². The lowest BCUT2D eigenvalue weighted by Crippen LogP contribution is -2.29. The van der Waals surface area contributed by atoms with Crippen LogP contribution in [-0.4, -0.2) is 5.11 Å². The molecule has 0 aliphatic heterocycles. The zero-order valence-corrected chi connectivity index (χ0v) is 10.6. The summed E-state index contributed by atoms with van der Waals surface area (Å²) >= 11 is 3.41. The van der Waals surface area contributed by atoms with Gasteiger partial charge in [-0.15, -0.1) is 0 Å².